The van der Waals surface area contributed by atoms with E-state index in [0.717, 1.165) is 18.8 Å². The van der Waals surface area contributed by atoms with E-state index < -0.39 is 0 Å². The first-order chi connectivity index (χ1) is 7.34. The lowest BCUT2D eigenvalue weighted by molar-refractivity contribution is 0.711. The average molecular weight is 199 g/mol. The largest absolute Gasteiger partial charge is 0.307 e. The van der Waals surface area contributed by atoms with Crippen molar-refractivity contribution in [3.63, 3.8) is 0 Å². The van der Waals surface area contributed by atoms with E-state index in [1.54, 1.807) is 0 Å². The van der Waals surface area contributed by atoms with Crippen LogP contribution in [0, 0.1) is 6.92 Å². The van der Waals surface area contributed by atoms with E-state index in [1.165, 1.54) is 16.8 Å². The lowest BCUT2D eigenvalue weighted by atomic mass is 10.2. The fraction of sp³-hybridized carbons (Fsp3) is 0.250. The maximum absolute atomic E-state index is 4.41. The summed E-state index contributed by atoms with van der Waals surface area (Å²) >= 11 is 0. The second-order valence-electron chi connectivity index (χ2n) is 3.97. The van der Waals surface area contributed by atoms with Crippen LogP contribution >= 0.6 is 0 Å². The molecule has 3 rings (SSSR count). The van der Waals surface area contributed by atoms with Crippen molar-refractivity contribution in [2.75, 3.05) is 0 Å². The summed E-state index contributed by atoms with van der Waals surface area (Å²) in [6.07, 6.45) is 1.95. The monoisotopic (exact) mass is 199 g/mol. The van der Waals surface area contributed by atoms with Gasteiger partial charge in [0.2, 0.25) is 0 Å². The number of aromatic nitrogens is 2. The highest BCUT2D eigenvalue weighted by Crippen LogP contribution is 2.19. The molecule has 76 valence electrons. The van der Waals surface area contributed by atoms with Crippen LogP contribution in [-0.2, 0) is 13.1 Å². The minimum Gasteiger partial charge on any atom is -0.307 e. The van der Waals surface area contributed by atoms with Crippen molar-refractivity contribution in [2.45, 2.75) is 20.0 Å². The van der Waals surface area contributed by atoms with E-state index in [4.69, 9.17) is 0 Å². The van der Waals surface area contributed by atoms with Crippen molar-refractivity contribution in [2.24, 2.45) is 0 Å². The molecular formula is C12H13N3. The van der Waals surface area contributed by atoms with Gasteiger partial charge in [-0.1, -0.05) is 17.7 Å². The number of nitrogens with zero attached hydrogens (tertiary/aromatic N) is 2. The molecule has 1 aromatic heterocycles. The number of benzene rings is 1. The van der Waals surface area contributed by atoms with Crippen molar-refractivity contribution in [3.05, 3.63) is 47.3 Å². The van der Waals surface area contributed by atoms with Crippen LogP contribution in [0.4, 0.5) is 0 Å². The van der Waals surface area contributed by atoms with E-state index in [1.807, 2.05) is 10.9 Å². The van der Waals surface area contributed by atoms with Gasteiger partial charge in [0, 0.05) is 18.7 Å². The number of rotatable bonds is 1. The first-order valence-electron chi connectivity index (χ1n) is 5.18. The van der Waals surface area contributed by atoms with Crippen LogP contribution in [-0.4, -0.2) is 9.78 Å². The first kappa shape index (κ1) is 8.68. The molecule has 0 aliphatic carbocycles. The zero-order chi connectivity index (χ0) is 10.3. The normalized spacial score (nSPS) is 14.2. The molecule has 0 unspecified atom stereocenters. The van der Waals surface area contributed by atoms with Crippen molar-refractivity contribution in [3.8, 4) is 5.69 Å². The van der Waals surface area contributed by atoms with Crippen molar-refractivity contribution in [1.29, 1.82) is 0 Å². The van der Waals surface area contributed by atoms with Crippen LogP contribution < -0.4 is 5.32 Å². The molecule has 15 heavy (non-hydrogen) atoms. The molecule has 0 fully saturated rings. The van der Waals surface area contributed by atoms with Gasteiger partial charge < -0.3 is 5.32 Å². The first-order valence-corrected chi connectivity index (χ1v) is 5.18. The van der Waals surface area contributed by atoms with Crippen LogP contribution in [0.15, 0.2) is 30.5 Å². The van der Waals surface area contributed by atoms with Gasteiger partial charge in [-0.05, 0) is 19.1 Å². The molecule has 1 N–H and O–H groups in total. The summed E-state index contributed by atoms with van der Waals surface area (Å²) in [6, 6.07) is 8.46. The number of hydrogen-bond acceptors (Lipinski definition) is 2. The van der Waals surface area contributed by atoms with Crippen LogP contribution in [0.5, 0.6) is 0 Å². The van der Waals surface area contributed by atoms with Crippen molar-refractivity contribution >= 4 is 0 Å². The summed E-state index contributed by atoms with van der Waals surface area (Å²) in [5.74, 6) is 0. The number of nitrogens with one attached hydrogen (secondary N) is 1. The molecule has 0 radical (unpaired) electrons. The maximum atomic E-state index is 4.41. The summed E-state index contributed by atoms with van der Waals surface area (Å²) in [4.78, 5) is 0. The summed E-state index contributed by atoms with van der Waals surface area (Å²) in [7, 11) is 0. The smallest absolute Gasteiger partial charge is 0.0649 e. The molecule has 1 aliphatic rings. The molecule has 1 aromatic carbocycles. The van der Waals surface area contributed by atoms with Crippen LogP contribution in [0.25, 0.3) is 5.69 Å². The molecule has 0 saturated heterocycles. The zero-order valence-electron chi connectivity index (χ0n) is 8.70. The third kappa shape index (κ3) is 1.36. The van der Waals surface area contributed by atoms with Gasteiger partial charge in [-0.2, -0.15) is 5.10 Å². The Bertz CT molecular complexity index is 482. The summed E-state index contributed by atoms with van der Waals surface area (Å²) in [5, 5.41) is 7.74. The van der Waals surface area contributed by atoms with Gasteiger partial charge in [0.25, 0.3) is 0 Å². The number of hydrogen-bond donors (Lipinski definition) is 1. The zero-order valence-corrected chi connectivity index (χ0v) is 8.70. The third-order valence-corrected chi connectivity index (χ3v) is 2.84. The maximum Gasteiger partial charge on any atom is 0.0649 e. The highest BCUT2D eigenvalue weighted by atomic mass is 15.3. The Kier molecular flexibility index (Phi) is 1.86. The molecule has 0 saturated carbocycles. The Balaban J connectivity index is 2.09. The fourth-order valence-electron chi connectivity index (χ4n) is 1.97. The van der Waals surface area contributed by atoms with Gasteiger partial charge >= 0.3 is 0 Å². The van der Waals surface area contributed by atoms with Crippen LogP contribution in [0.3, 0.4) is 0 Å². The second kappa shape index (κ2) is 3.21. The minimum atomic E-state index is 0.920. The highest BCUT2D eigenvalue weighted by molar-refractivity contribution is 5.37. The van der Waals surface area contributed by atoms with Crippen LogP contribution in [0.2, 0.25) is 0 Å². The summed E-state index contributed by atoms with van der Waals surface area (Å²) < 4.78 is 2.02. The predicted octanol–water partition coefficient (Wildman–Crippen LogP) is 1.78. The molecule has 0 bridgehead atoms. The van der Waals surface area contributed by atoms with Crippen molar-refractivity contribution in [1.82, 2.24) is 15.1 Å². The van der Waals surface area contributed by atoms with Gasteiger partial charge in [0.05, 0.1) is 17.6 Å². The Labute approximate surface area is 88.7 Å². The van der Waals surface area contributed by atoms with Gasteiger partial charge in [-0.15, -0.1) is 0 Å². The van der Waals surface area contributed by atoms with Gasteiger partial charge in [-0.3, -0.25) is 0 Å². The number of aryl methyl sites for hydroxylation is 1. The summed E-state index contributed by atoms with van der Waals surface area (Å²) in [5.41, 5.74) is 5.03. The third-order valence-electron chi connectivity index (χ3n) is 2.84. The lowest BCUT2D eigenvalue weighted by Gasteiger charge is -2.05. The van der Waals surface area contributed by atoms with Gasteiger partial charge in [-0.25, -0.2) is 4.68 Å². The molecule has 3 heteroatoms. The quantitative estimate of drug-likeness (QED) is 0.758. The number of fused-ring (bicyclic) bond motifs is 1. The predicted molar refractivity (Wildman–Crippen MR) is 58.8 cm³/mol. The molecule has 0 spiro atoms. The van der Waals surface area contributed by atoms with E-state index >= 15 is 0 Å². The lowest BCUT2D eigenvalue weighted by Crippen LogP contribution is -2.07. The van der Waals surface area contributed by atoms with E-state index in [9.17, 15) is 0 Å². The molecule has 2 aromatic rings. The molecule has 3 nitrogen and oxygen atoms in total. The molecule has 0 amide bonds. The van der Waals surface area contributed by atoms with E-state index in [0.29, 0.717) is 0 Å². The molecular weight excluding hydrogens is 186 g/mol. The fourth-order valence-corrected chi connectivity index (χ4v) is 1.97. The van der Waals surface area contributed by atoms with Gasteiger partial charge in [0.15, 0.2) is 0 Å². The Morgan fingerprint density at radius 2 is 2.00 bits per heavy atom. The highest BCUT2D eigenvalue weighted by Gasteiger charge is 2.16. The minimum absolute atomic E-state index is 0.920. The van der Waals surface area contributed by atoms with E-state index in [2.05, 4.69) is 41.6 Å². The standard InChI is InChI=1S/C12H13N3/c1-9-2-4-11(5-3-9)15-12-8-13-6-10(12)7-14-15/h2-5,7,13H,6,8H2,1H3. The topological polar surface area (TPSA) is 29.9 Å². The van der Waals surface area contributed by atoms with E-state index in [-0.39, 0.29) is 0 Å². The SMILES string of the molecule is Cc1ccc(-n2ncc3c2CNC3)cc1. The molecule has 2 heterocycles. The van der Waals surface area contributed by atoms with Gasteiger partial charge in [0.1, 0.15) is 0 Å². The van der Waals surface area contributed by atoms with Crippen LogP contribution in [0.1, 0.15) is 16.8 Å². The Hall–Kier alpha value is -1.61. The molecule has 0 atom stereocenters. The Morgan fingerprint density at radius 1 is 1.20 bits per heavy atom. The van der Waals surface area contributed by atoms with Crippen molar-refractivity contribution < 1.29 is 0 Å². The molecule has 1 aliphatic heterocycles. The Morgan fingerprint density at radius 3 is 2.80 bits per heavy atom. The summed E-state index contributed by atoms with van der Waals surface area (Å²) in [6.45, 7) is 3.96. The second-order valence-corrected chi connectivity index (χ2v) is 3.97. The average Bonchev–Trinajstić information content (AvgIpc) is 2.80.